The Balaban J connectivity index is 1.71. The largest absolute Gasteiger partial charge is 0.351 e. The molecule has 1 N–H and O–H groups in total. The summed E-state index contributed by atoms with van der Waals surface area (Å²) in [5, 5.41) is 3.24. The molecule has 1 aliphatic heterocycles. The average Bonchev–Trinajstić information content (AvgIpc) is 3.04. The highest BCUT2D eigenvalue weighted by molar-refractivity contribution is 6.01. The monoisotopic (exact) mass is 368 g/mol. The fourth-order valence-corrected chi connectivity index (χ4v) is 4.49. The van der Waals surface area contributed by atoms with Gasteiger partial charge < -0.3 is 14.8 Å². The molecule has 0 bridgehead atoms. The number of carbonyl (C=O) groups excluding carboxylic acids is 2. The maximum absolute atomic E-state index is 13.3. The lowest BCUT2D eigenvalue weighted by Gasteiger charge is -2.44. The van der Waals surface area contributed by atoms with Crippen LogP contribution in [0.2, 0.25) is 0 Å². The highest BCUT2D eigenvalue weighted by Crippen LogP contribution is 2.31. The number of aromatic nitrogens is 2. The highest BCUT2D eigenvalue weighted by atomic mass is 16.2. The van der Waals surface area contributed by atoms with Crippen molar-refractivity contribution in [1.82, 2.24) is 19.8 Å². The molecule has 0 unspecified atom stereocenters. The van der Waals surface area contributed by atoms with Gasteiger partial charge in [0.2, 0.25) is 5.91 Å². The molecular formula is C21H28N4O2. The molecule has 2 amide bonds. The quantitative estimate of drug-likeness (QED) is 0.902. The van der Waals surface area contributed by atoms with Crippen molar-refractivity contribution in [1.29, 1.82) is 0 Å². The van der Waals surface area contributed by atoms with E-state index in [1.165, 1.54) is 6.42 Å². The zero-order valence-corrected chi connectivity index (χ0v) is 16.2. The van der Waals surface area contributed by atoms with E-state index in [9.17, 15) is 9.59 Å². The number of para-hydroxylation sites is 2. The van der Waals surface area contributed by atoms with Crippen LogP contribution in [0.5, 0.6) is 0 Å². The number of hydrogen-bond donors (Lipinski definition) is 1. The standard InChI is InChI=1S/C21H28N4O2/c1-3-13-25-19(26)18-23-16-11-7-8-12-17(16)24(18)14-21(25,2)20(27)22-15-9-5-4-6-10-15/h7-8,11-12,15H,3-6,9-10,13-14H2,1-2H3,(H,22,27)/t21-/m0/s1. The van der Waals surface area contributed by atoms with E-state index in [2.05, 4.69) is 10.3 Å². The zero-order valence-electron chi connectivity index (χ0n) is 16.2. The lowest BCUT2D eigenvalue weighted by Crippen LogP contribution is -2.65. The van der Waals surface area contributed by atoms with E-state index in [1.54, 1.807) is 4.90 Å². The fourth-order valence-electron chi connectivity index (χ4n) is 4.49. The Kier molecular flexibility index (Phi) is 4.66. The summed E-state index contributed by atoms with van der Waals surface area (Å²) in [5.41, 5.74) is 0.809. The van der Waals surface area contributed by atoms with E-state index in [4.69, 9.17) is 0 Å². The molecule has 2 aliphatic rings. The second-order valence-electron chi connectivity index (χ2n) is 8.05. The summed E-state index contributed by atoms with van der Waals surface area (Å²) in [5.74, 6) is 0.243. The first kappa shape index (κ1) is 18.0. The van der Waals surface area contributed by atoms with Crippen LogP contribution < -0.4 is 5.32 Å². The first-order valence-corrected chi connectivity index (χ1v) is 10.1. The molecular weight excluding hydrogens is 340 g/mol. The lowest BCUT2D eigenvalue weighted by atomic mass is 9.91. The number of benzene rings is 1. The van der Waals surface area contributed by atoms with Gasteiger partial charge >= 0.3 is 0 Å². The number of amides is 2. The van der Waals surface area contributed by atoms with Crippen LogP contribution in [-0.2, 0) is 11.3 Å². The van der Waals surface area contributed by atoms with Crippen molar-refractivity contribution in [2.45, 2.75) is 70.5 Å². The number of rotatable bonds is 4. The molecule has 2 heterocycles. The third-order valence-electron chi connectivity index (χ3n) is 6.03. The van der Waals surface area contributed by atoms with E-state index in [0.717, 1.165) is 43.1 Å². The van der Waals surface area contributed by atoms with Crippen LogP contribution in [0.25, 0.3) is 11.0 Å². The Morgan fingerprint density at radius 3 is 2.74 bits per heavy atom. The van der Waals surface area contributed by atoms with Crippen molar-refractivity contribution in [3.63, 3.8) is 0 Å². The van der Waals surface area contributed by atoms with Crippen LogP contribution in [0.15, 0.2) is 24.3 Å². The van der Waals surface area contributed by atoms with Gasteiger partial charge in [-0.05, 0) is 38.3 Å². The molecule has 6 nitrogen and oxygen atoms in total. The van der Waals surface area contributed by atoms with Crippen molar-refractivity contribution in [3.8, 4) is 0 Å². The Morgan fingerprint density at radius 1 is 1.26 bits per heavy atom. The number of fused-ring (bicyclic) bond motifs is 3. The maximum atomic E-state index is 13.3. The number of imidazole rings is 1. The third-order valence-corrected chi connectivity index (χ3v) is 6.03. The smallest absolute Gasteiger partial charge is 0.290 e. The normalized spacial score (nSPS) is 23.5. The number of nitrogens with zero attached hydrogens (tertiary/aromatic N) is 3. The minimum absolute atomic E-state index is 0.0420. The van der Waals surface area contributed by atoms with E-state index in [1.807, 2.05) is 42.7 Å². The Labute approximate surface area is 159 Å². The van der Waals surface area contributed by atoms with E-state index >= 15 is 0 Å². The molecule has 6 heteroatoms. The SMILES string of the molecule is CCCN1C(=O)c2nc3ccccc3n2C[C@@]1(C)C(=O)NC1CCCCC1. The Hall–Kier alpha value is -2.37. The van der Waals surface area contributed by atoms with Crippen molar-refractivity contribution in [3.05, 3.63) is 30.1 Å². The summed E-state index contributed by atoms with van der Waals surface area (Å²) >= 11 is 0. The minimum atomic E-state index is -0.902. The average molecular weight is 368 g/mol. The van der Waals surface area contributed by atoms with E-state index < -0.39 is 5.54 Å². The van der Waals surface area contributed by atoms with Crippen LogP contribution in [0.1, 0.15) is 63.0 Å². The minimum Gasteiger partial charge on any atom is -0.351 e. The van der Waals surface area contributed by atoms with Gasteiger partial charge in [-0.15, -0.1) is 0 Å². The second-order valence-corrected chi connectivity index (χ2v) is 8.05. The molecule has 1 saturated carbocycles. The molecule has 0 radical (unpaired) electrons. The molecule has 1 atom stereocenters. The molecule has 27 heavy (non-hydrogen) atoms. The summed E-state index contributed by atoms with van der Waals surface area (Å²) in [4.78, 5) is 32.9. The molecule has 0 spiro atoms. The molecule has 1 aromatic carbocycles. The van der Waals surface area contributed by atoms with Crippen LogP contribution in [0, 0.1) is 0 Å². The van der Waals surface area contributed by atoms with Gasteiger partial charge in [0.25, 0.3) is 5.91 Å². The van der Waals surface area contributed by atoms with Crippen LogP contribution in [0.4, 0.5) is 0 Å². The van der Waals surface area contributed by atoms with Crippen molar-refractivity contribution in [2.24, 2.45) is 0 Å². The van der Waals surface area contributed by atoms with Gasteiger partial charge in [0.15, 0.2) is 5.82 Å². The van der Waals surface area contributed by atoms with Gasteiger partial charge in [-0.3, -0.25) is 9.59 Å². The van der Waals surface area contributed by atoms with Crippen molar-refractivity contribution in [2.75, 3.05) is 6.54 Å². The van der Waals surface area contributed by atoms with Crippen LogP contribution in [-0.4, -0.2) is 44.4 Å². The Bertz CT molecular complexity index is 868. The molecule has 1 aromatic heterocycles. The first-order chi connectivity index (χ1) is 13.0. The third kappa shape index (κ3) is 3.01. The number of nitrogens with one attached hydrogen (secondary N) is 1. The predicted octanol–water partition coefficient (Wildman–Crippen LogP) is 3.11. The fraction of sp³-hybridized carbons (Fsp3) is 0.571. The molecule has 0 saturated heterocycles. The molecule has 2 aromatic rings. The summed E-state index contributed by atoms with van der Waals surface area (Å²) in [6.45, 7) is 4.92. The highest BCUT2D eigenvalue weighted by Gasteiger charge is 2.48. The van der Waals surface area contributed by atoms with Crippen molar-refractivity contribution >= 4 is 22.8 Å². The summed E-state index contributed by atoms with van der Waals surface area (Å²) in [7, 11) is 0. The van der Waals surface area contributed by atoms with Gasteiger partial charge in [0, 0.05) is 12.6 Å². The number of hydrogen-bond acceptors (Lipinski definition) is 3. The van der Waals surface area contributed by atoms with Gasteiger partial charge in [0.05, 0.1) is 17.6 Å². The van der Waals surface area contributed by atoms with Crippen LogP contribution >= 0.6 is 0 Å². The van der Waals surface area contributed by atoms with Crippen LogP contribution in [0.3, 0.4) is 0 Å². The molecule has 144 valence electrons. The summed E-state index contributed by atoms with van der Waals surface area (Å²) in [6.07, 6.45) is 6.43. The molecule has 1 fully saturated rings. The van der Waals surface area contributed by atoms with E-state index in [-0.39, 0.29) is 17.9 Å². The van der Waals surface area contributed by atoms with E-state index in [0.29, 0.717) is 18.9 Å². The van der Waals surface area contributed by atoms with Gasteiger partial charge in [0.1, 0.15) is 5.54 Å². The predicted molar refractivity (Wildman–Crippen MR) is 104 cm³/mol. The number of carbonyl (C=O) groups is 2. The molecule has 1 aliphatic carbocycles. The second kappa shape index (κ2) is 6.98. The van der Waals surface area contributed by atoms with Crippen molar-refractivity contribution < 1.29 is 9.59 Å². The summed E-state index contributed by atoms with van der Waals surface area (Å²) < 4.78 is 1.92. The van der Waals surface area contributed by atoms with Gasteiger partial charge in [-0.25, -0.2) is 4.98 Å². The lowest BCUT2D eigenvalue weighted by molar-refractivity contribution is -0.133. The summed E-state index contributed by atoms with van der Waals surface area (Å²) in [6, 6.07) is 7.97. The van der Waals surface area contributed by atoms with Gasteiger partial charge in [-0.2, -0.15) is 0 Å². The Morgan fingerprint density at radius 2 is 2.00 bits per heavy atom. The maximum Gasteiger partial charge on any atom is 0.290 e. The molecule has 4 rings (SSSR count). The first-order valence-electron chi connectivity index (χ1n) is 10.1. The van der Waals surface area contributed by atoms with Gasteiger partial charge in [-0.1, -0.05) is 38.3 Å². The topological polar surface area (TPSA) is 67.2 Å². The zero-order chi connectivity index (χ0) is 19.0.